The molecule has 1 aliphatic rings. The molecular weight excluding hydrogens is 386 g/mol. The van der Waals surface area contributed by atoms with Crippen LogP contribution in [0.4, 0.5) is 5.13 Å². The van der Waals surface area contributed by atoms with Gasteiger partial charge in [-0.05, 0) is 17.7 Å². The van der Waals surface area contributed by atoms with Gasteiger partial charge in [-0.25, -0.2) is 22.5 Å². The van der Waals surface area contributed by atoms with Crippen molar-refractivity contribution in [3.05, 3.63) is 46.0 Å². The van der Waals surface area contributed by atoms with Crippen molar-refractivity contribution in [3.63, 3.8) is 0 Å². The zero-order chi connectivity index (χ0) is 17.3. The molecule has 1 aromatic carbocycles. The third-order valence-corrected chi connectivity index (χ3v) is 6.07. The van der Waals surface area contributed by atoms with Gasteiger partial charge < -0.3 is 10.4 Å². The van der Waals surface area contributed by atoms with Crippen LogP contribution in [0.3, 0.4) is 0 Å². The van der Waals surface area contributed by atoms with E-state index in [9.17, 15) is 13.2 Å². The second-order valence-corrected chi connectivity index (χ2v) is 8.53. The average molecular weight is 404 g/mol. The molecule has 0 bridgehead atoms. The van der Waals surface area contributed by atoms with Crippen molar-refractivity contribution in [2.45, 2.75) is 19.5 Å². The molecule has 0 amide bonds. The summed E-state index contributed by atoms with van der Waals surface area (Å²) in [5.74, 6) is -1.01. The van der Waals surface area contributed by atoms with E-state index < -0.39 is 16.0 Å². The first-order chi connectivity index (χ1) is 11.3. The lowest BCUT2D eigenvalue weighted by Gasteiger charge is -2.19. The van der Waals surface area contributed by atoms with Gasteiger partial charge >= 0.3 is 5.97 Å². The number of carboxylic acids is 1. The van der Waals surface area contributed by atoms with E-state index in [0.717, 1.165) is 29.8 Å². The van der Waals surface area contributed by atoms with Gasteiger partial charge in [-0.3, -0.25) is 0 Å². The summed E-state index contributed by atoms with van der Waals surface area (Å²) >= 11 is 1.38. The number of nitrogens with zero attached hydrogens (tertiary/aromatic N) is 2. The minimum Gasteiger partial charge on any atom is -0.478 e. The van der Waals surface area contributed by atoms with Crippen LogP contribution in [0, 0.1) is 0 Å². The Morgan fingerprint density at radius 2 is 2.04 bits per heavy atom. The Balaban J connectivity index is 0.00000225. The highest BCUT2D eigenvalue weighted by atomic mass is 35.5. The fourth-order valence-corrected chi connectivity index (χ4v) is 4.67. The van der Waals surface area contributed by atoms with E-state index in [1.807, 2.05) is 0 Å². The molecule has 2 aromatic rings. The van der Waals surface area contributed by atoms with Crippen LogP contribution < -0.4 is 9.62 Å². The summed E-state index contributed by atoms with van der Waals surface area (Å²) in [7, 11) is -3.50. The molecule has 0 fully saturated rings. The lowest BCUT2D eigenvalue weighted by molar-refractivity contribution is 0.0697. The van der Waals surface area contributed by atoms with Crippen molar-refractivity contribution >= 4 is 44.9 Å². The lowest BCUT2D eigenvalue weighted by atomic mass is 10.1. The number of carboxylic acid groups (broad SMARTS) is 1. The number of aromatic carboxylic acids is 1. The van der Waals surface area contributed by atoms with Gasteiger partial charge in [-0.2, -0.15) is 0 Å². The number of thiazole rings is 1. The third kappa shape index (κ3) is 4.49. The monoisotopic (exact) mass is 403 g/mol. The van der Waals surface area contributed by atoms with E-state index in [1.54, 1.807) is 12.1 Å². The van der Waals surface area contributed by atoms with Crippen LogP contribution in [0.15, 0.2) is 24.3 Å². The summed E-state index contributed by atoms with van der Waals surface area (Å²) in [5.41, 5.74) is 1.82. The zero-order valence-corrected chi connectivity index (χ0v) is 15.9. The minimum absolute atomic E-state index is 0. The molecule has 25 heavy (non-hydrogen) atoms. The number of fused-ring (bicyclic) bond motifs is 1. The Hall–Kier alpha value is -1.68. The number of sulfonamides is 1. The van der Waals surface area contributed by atoms with Crippen LogP contribution in [0.1, 0.15) is 26.5 Å². The fraction of sp³-hybridized carbons (Fsp3) is 0.333. The molecular formula is C15H18ClN3O4S2. The minimum atomic E-state index is -3.50. The summed E-state index contributed by atoms with van der Waals surface area (Å²) in [5, 5.41) is 12.6. The van der Waals surface area contributed by atoms with Crippen molar-refractivity contribution in [1.82, 2.24) is 10.3 Å². The van der Waals surface area contributed by atoms with Gasteiger partial charge in [-0.15, -0.1) is 12.4 Å². The maximum absolute atomic E-state index is 12.2. The highest BCUT2D eigenvalue weighted by Gasteiger charge is 2.24. The molecule has 0 saturated heterocycles. The van der Waals surface area contributed by atoms with E-state index in [-0.39, 0.29) is 24.5 Å². The Bertz CT molecular complexity index is 842. The number of hydrogen-bond donors (Lipinski definition) is 2. The predicted octanol–water partition coefficient (Wildman–Crippen LogP) is 1.87. The summed E-state index contributed by atoms with van der Waals surface area (Å²) in [4.78, 5) is 16.5. The van der Waals surface area contributed by atoms with Crippen LogP contribution in [0.5, 0.6) is 0 Å². The smallest absolute Gasteiger partial charge is 0.335 e. The van der Waals surface area contributed by atoms with Crippen LogP contribution in [-0.2, 0) is 29.5 Å². The number of anilines is 1. The quantitative estimate of drug-likeness (QED) is 0.790. The lowest BCUT2D eigenvalue weighted by Crippen LogP contribution is -2.29. The third-order valence-electron chi connectivity index (χ3n) is 3.73. The number of halogens is 1. The maximum Gasteiger partial charge on any atom is 0.335 e. The molecule has 0 aliphatic carbocycles. The summed E-state index contributed by atoms with van der Waals surface area (Å²) < 4.78 is 25.7. The fourth-order valence-electron chi connectivity index (χ4n) is 2.46. The van der Waals surface area contributed by atoms with Gasteiger partial charge in [0, 0.05) is 24.4 Å². The van der Waals surface area contributed by atoms with Crippen molar-refractivity contribution in [2.75, 3.05) is 17.1 Å². The summed E-state index contributed by atoms with van der Waals surface area (Å²) in [6.45, 7) is 1.67. The number of carbonyl (C=O) groups is 1. The Morgan fingerprint density at radius 3 is 2.60 bits per heavy atom. The molecule has 0 radical (unpaired) electrons. The molecule has 1 aromatic heterocycles. The molecule has 0 spiro atoms. The highest BCUT2D eigenvalue weighted by Crippen LogP contribution is 2.30. The summed E-state index contributed by atoms with van der Waals surface area (Å²) in [6.07, 6.45) is 1.94. The number of aromatic nitrogens is 1. The maximum atomic E-state index is 12.2. The molecule has 10 heteroatoms. The SMILES string of the molecule is CS(=O)(=O)N(Cc1ccc(C(=O)O)cc1)c1nc2c(s1)CNCC2.Cl. The molecule has 136 valence electrons. The second-order valence-electron chi connectivity index (χ2n) is 5.56. The van der Waals surface area contributed by atoms with E-state index in [2.05, 4.69) is 10.3 Å². The van der Waals surface area contributed by atoms with Crippen molar-refractivity contribution in [1.29, 1.82) is 0 Å². The Morgan fingerprint density at radius 1 is 1.36 bits per heavy atom. The summed E-state index contributed by atoms with van der Waals surface area (Å²) in [6, 6.07) is 6.18. The molecule has 0 unspecified atom stereocenters. The van der Waals surface area contributed by atoms with Crippen LogP contribution in [-0.4, -0.2) is 37.3 Å². The molecule has 3 rings (SSSR count). The number of rotatable bonds is 5. The average Bonchev–Trinajstić information content (AvgIpc) is 2.95. The van der Waals surface area contributed by atoms with Gasteiger partial charge in [-0.1, -0.05) is 23.5 Å². The topological polar surface area (TPSA) is 99.6 Å². The van der Waals surface area contributed by atoms with Gasteiger partial charge in [0.15, 0.2) is 5.13 Å². The standard InChI is InChI=1S/C15H17N3O4S2.ClH/c1-24(21,22)18(9-10-2-4-11(5-3-10)14(19)20)15-17-12-6-7-16-8-13(12)23-15;/h2-5,16H,6-9H2,1H3,(H,19,20);1H. The zero-order valence-electron chi connectivity index (χ0n) is 13.4. The Kier molecular flexibility index (Phi) is 6.04. The number of hydrogen-bond acceptors (Lipinski definition) is 6. The first-order valence-corrected chi connectivity index (χ1v) is 10.0. The highest BCUT2D eigenvalue weighted by molar-refractivity contribution is 7.92. The van der Waals surface area contributed by atoms with Crippen LogP contribution in [0.2, 0.25) is 0 Å². The first-order valence-electron chi connectivity index (χ1n) is 7.34. The molecule has 0 atom stereocenters. The molecule has 1 aliphatic heterocycles. The van der Waals surface area contributed by atoms with Gasteiger partial charge in [0.25, 0.3) is 0 Å². The normalized spacial score (nSPS) is 13.6. The van der Waals surface area contributed by atoms with E-state index >= 15 is 0 Å². The van der Waals surface area contributed by atoms with Gasteiger partial charge in [0.2, 0.25) is 10.0 Å². The van der Waals surface area contributed by atoms with Gasteiger partial charge in [0.05, 0.1) is 24.1 Å². The largest absolute Gasteiger partial charge is 0.478 e. The predicted molar refractivity (Wildman–Crippen MR) is 99.2 cm³/mol. The van der Waals surface area contributed by atoms with Gasteiger partial charge in [0.1, 0.15) is 0 Å². The Labute approximate surface area is 156 Å². The van der Waals surface area contributed by atoms with Crippen molar-refractivity contribution in [2.24, 2.45) is 0 Å². The van der Waals surface area contributed by atoms with Crippen LogP contribution >= 0.6 is 23.7 Å². The van der Waals surface area contributed by atoms with E-state index in [1.165, 1.54) is 27.8 Å². The van der Waals surface area contributed by atoms with E-state index in [0.29, 0.717) is 17.2 Å². The number of nitrogens with one attached hydrogen (secondary N) is 1. The molecule has 0 saturated carbocycles. The first kappa shape index (κ1) is 19.6. The van der Waals surface area contributed by atoms with Crippen molar-refractivity contribution < 1.29 is 18.3 Å². The molecule has 2 heterocycles. The molecule has 7 nitrogen and oxygen atoms in total. The second kappa shape index (κ2) is 7.69. The van der Waals surface area contributed by atoms with Crippen LogP contribution in [0.25, 0.3) is 0 Å². The number of benzene rings is 1. The van der Waals surface area contributed by atoms with Crippen molar-refractivity contribution in [3.8, 4) is 0 Å². The molecule has 2 N–H and O–H groups in total. The van der Waals surface area contributed by atoms with E-state index in [4.69, 9.17) is 5.11 Å².